The van der Waals surface area contributed by atoms with Crippen LogP contribution in [0.25, 0.3) is 0 Å². The Bertz CT molecular complexity index is 413. The van der Waals surface area contributed by atoms with E-state index < -0.39 is 0 Å². The van der Waals surface area contributed by atoms with Crippen molar-refractivity contribution in [2.24, 2.45) is 0 Å². The van der Waals surface area contributed by atoms with Crippen molar-refractivity contribution < 1.29 is 9.47 Å². The molecule has 0 saturated heterocycles. The summed E-state index contributed by atoms with van der Waals surface area (Å²) in [6.07, 6.45) is 0.955. The minimum absolute atomic E-state index is 0.474. The lowest BCUT2D eigenvalue weighted by Gasteiger charge is -2.26. The van der Waals surface area contributed by atoms with Crippen molar-refractivity contribution in [1.29, 1.82) is 0 Å². The minimum Gasteiger partial charge on any atom is -0.385 e. The molecule has 0 N–H and O–H groups in total. The Balaban J connectivity index is 2.98. The fraction of sp³-hybridized carbons (Fsp3) is 0.667. The zero-order valence-corrected chi connectivity index (χ0v) is 13.7. The predicted molar refractivity (Wildman–Crippen MR) is 83.9 cm³/mol. The fourth-order valence-corrected chi connectivity index (χ4v) is 2.53. The highest BCUT2D eigenvalue weighted by Gasteiger charge is 2.15. The number of anilines is 1. The molecule has 0 aliphatic rings. The monoisotopic (exact) mass is 300 g/mol. The molecule has 0 unspecified atom stereocenters. The van der Waals surface area contributed by atoms with Crippen LogP contribution in [0.5, 0.6) is 0 Å². The number of halogens is 1. The van der Waals surface area contributed by atoms with Gasteiger partial charge in [0.1, 0.15) is 5.82 Å². The number of aromatic nitrogens is 1. The Labute approximate surface area is 127 Å². The Hall–Kier alpha value is -0.840. The average Bonchev–Trinajstić information content (AvgIpc) is 2.42. The van der Waals surface area contributed by atoms with Gasteiger partial charge in [0.15, 0.2) is 0 Å². The van der Waals surface area contributed by atoms with Crippen LogP contribution in [0.1, 0.15) is 23.2 Å². The van der Waals surface area contributed by atoms with Crippen LogP contribution in [0.3, 0.4) is 0 Å². The molecule has 1 rings (SSSR count). The van der Waals surface area contributed by atoms with Gasteiger partial charge < -0.3 is 14.4 Å². The largest absolute Gasteiger partial charge is 0.385 e. The van der Waals surface area contributed by atoms with Gasteiger partial charge in [-0.15, -0.1) is 11.6 Å². The molecule has 0 bridgehead atoms. The summed E-state index contributed by atoms with van der Waals surface area (Å²) >= 11 is 6.11. The van der Waals surface area contributed by atoms with E-state index in [2.05, 4.69) is 22.9 Å². The summed E-state index contributed by atoms with van der Waals surface area (Å²) in [4.78, 5) is 6.92. The van der Waals surface area contributed by atoms with Crippen LogP contribution < -0.4 is 4.90 Å². The molecular formula is C15H25ClN2O2. The standard InChI is InChI=1S/C15H25ClN2O2/c1-12-10-13(2)17-15(14(12)11-16)18(7-9-20-4)6-5-8-19-3/h10H,5-9,11H2,1-4H3. The molecule has 1 aromatic rings. The number of ether oxygens (including phenoxy) is 2. The van der Waals surface area contributed by atoms with E-state index in [9.17, 15) is 0 Å². The van der Waals surface area contributed by atoms with Crippen LogP contribution in [0.2, 0.25) is 0 Å². The Morgan fingerprint density at radius 2 is 1.85 bits per heavy atom. The van der Waals surface area contributed by atoms with Crippen molar-refractivity contribution >= 4 is 17.4 Å². The van der Waals surface area contributed by atoms with Gasteiger partial charge in [-0.05, 0) is 31.9 Å². The number of pyridine rings is 1. The van der Waals surface area contributed by atoms with Crippen LogP contribution in [-0.4, -0.2) is 45.5 Å². The zero-order valence-electron chi connectivity index (χ0n) is 12.9. The van der Waals surface area contributed by atoms with Crippen molar-refractivity contribution in [2.75, 3.05) is 45.4 Å². The molecule has 0 amide bonds. The average molecular weight is 301 g/mol. The molecule has 0 radical (unpaired) electrons. The molecule has 5 heteroatoms. The highest BCUT2D eigenvalue weighted by atomic mass is 35.5. The number of rotatable bonds is 9. The van der Waals surface area contributed by atoms with Crippen LogP contribution in [0.4, 0.5) is 5.82 Å². The molecule has 0 fully saturated rings. The first kappa shape index (κ1) is 17.2. The van der Waals surface area contributed by atoms with Gasteiger partial charge in [0, 0.05) is 45.2 Å². The van der Waals surface area contributed by atoms with E-state index in [1.54, 1.807) is 14.2 Å². The summed E-state index contributed by atoms with van der Waals surface area (Å²) in [5.41, 5.74) is 3.31. The van der Waals surface area contributed by atoms with Gasteiger partial charge in [-0.2, -0.15) is 0 Å². The molecule has 0 atom stereocenters. The highest BCUT2D eigenvalue weighted by molar-refractivity contribution is 6.17. The maximum atomic E-state index is 6.11. The maximum Gasteiger partial charge on any atom is 0.133 e. The third-order valence-electron chi connectivity index (χ3n) is 3.23. The molecule has 0 spiro atoms. The SMILES string of the molecule is COCCCN(CCOC)c1nc(C)cc(C)c1CCl. The Morgan fingerprint density at radius 3 is 2.45 bits per heavy atom. The van der Waals surface area contributed by atoms with Gasteiger partial charge >= 0.3 is 0 Å². The van der Waals surface area contributed by atoms with E-state index in [1.807, 2.05) is 6.92 Å². The van der Waals surface area contributed by atoms with Gasteiger partial charge in [-0.3, -0.25) is 0 Å². The molecule has 1 heterocycles. The summed E-state index contributed by atoms with van der Waals surface area (Å²) in [7, 11) is 3.43. The maximum absolute atomic E-state index is 6.11. The number of alkyl halides is 1. The van der Waals surface area contributed by atoms with Gasteiger partial charge in [-0.25, -0.2) is 4.98 Å². The second-order valence-corrected chi connectivity index (χ2v) is 5.11. The lowest BCUT2D eigenvalue weighted by Crippen LogP contribution is -2.31. The number of aryl methyl sites for hydroxylation is 2. The summed E-state index contributed by atoms with van der Waals surface area (Å²) < 4.78 is 10.3. The van der Waals surface area contributed by atoms with Crippen molar-refractivity contribution in [3.63, 3.8) is 0 Å². The van der Waals surface area contributed by atoms with Gasteiger partial charge in [-0.1, -0.05) is 0 Å². The van der Waals surface area contributed by atoms with Crippen molar-refractivity contribution in [1.82, 2.24) is 4.98 Å². The second kappa shape index (κ2) is 9.16. The number of methoxy groups -OCH3 is 2. The first-order valence-electron chi connectivity index (χ1n) is 6.90. The quantitative estimate of drug-likeness (QED) is 0.519. The predicted octanol–water partition coefficient (Wildman–Crippen LogP) is 2.93. The molecule has 4 nitrogen and oxygen atoms in total. The summed E-state index contributed by atoms with van der Waals surface area (Å²) in [5, 5.41) is 0. The molecule has 0 aliphatic heterocycles. The van der Waals surface area contributed by atoms with E-state index in [0.717, 1.165) is 43.2 Å². The third kappa shape index (κ3) is 4.93. The second-order valence-electron chi connectivity index (χ2n) is 4.84. The van der Waals surface area contributed by atoms with Gasteiger partial charge in [0.25, 0.3) is 0 Å². The smallest absolute Gasteiger partial charge is 0.133 e. The molecule has 0 aliphatic carbocycles. The van der Waals surface area contributed by atoms with E-state index >= 15 is 0 Å². The molecule has 114 valence electrons. The van der Waals surface area contributed by atoms with Crippen LogP contribution in [-0.2, 0) is 15.4 Å². The van der Waals surface area contributed by atoms with Crippen molar-refractivity contribution in [2.45, 2.75) is 26.1 Å². The molecule has 1 aromatic heterocycles. The lowest BCUT2D eigenvalue weighted by molar-refractivity contribution is 0.191. The third-order valence-corrected chi connectivity index (χ3v) is 3.50. The normalized spacial score (nSPS) is 10.8. The number of nitrogens with zero attached hydrogens (tertiary/aromatic N) is 2. The van der Waals surface area contributed by atoms with E-state index in [0.29, 0.717) is 12.5 Å². The summed E-state index contributed by atoms with van der Waals surface area (Å²) in [6.45, 7) is 7.20. The molecule has 0 aromatic carbocycles. The Morgan fingerprint density at radius 1 is 1.15 bits per heavy atom. The van der Waals surface area contributed by atoms with Gasteiger partial charge in [0.2, 0.25) is 0 Å². The first-order valence-corrected chi connectivity index (χ1v) is 7.43. The minimum atomic E-state index is 0.474. The summed E-state index contributed by atoms with van der Waals surface area (Å²) in [6, 6.07) is 2.07. The van der Waals surface area contributed by atoms with E-state index in [1.165, 1.54) is 5.56 Å². The first-order chi connectivity index (χ1) is 9.63. The number of hydrogen-bond acceptors (Lipinski definition) is 4. The van der Waals surface area contributed by atoms with Crippen LogP contribution in [0, 0.1) is 13.8 Å². The summed E-state index contributed by atoms with van der Waals surface area (Å²) in [5.74, 6) is 1.45. The molecule has 20 heavy (non-hydrogen) atoms. The molecule has 0 saturated carbocycles. The van der Waals surface area contributed by atoms with E-state index in [4.69, 9.17) is 21.1 Å². The topological polar surface area (TPSA) is 34.6 Å². The van der Waals surface area contributed by atoms with E-state index in [-0.39, 0.29) is 0 Å². The fourth-order valence-electron chi connectivity index (χ4n) is 2.20. The van der Waals surface area contributed by atoms with Crippen LogP contribution in [0.15, 0.2) is 6.07 Å². The van der Waals surface area contributed by atoms with Crippen molar-refractivity contribution in [3.05, 3.63) is 22.9 Å². The Kier molecular flexibility index (Phi) is 7.88. The molecular weight excluding hydrogens is 276 g/mol. The zero-order chi connectivity index (χ0) is 15.0. The number of hydrogen-bond donors (Lipinski definition) is 0. The lowest BCUT2D eigenvalue weighted by atomic mass is 10.1. The van der Waals surface area contributed by atoms with Crippen molar-refractivity contribution in [3.8, 4) is 0 Å². The highest BCUT2D eigenvalue weighted by Crippen LogP contribution is 2.24. The van der Waals surface area contributed by atoms with Crippen LogP contribution >= 0.6 is 11.6 Å². The van der Waals surface area contributed by atoms with Gasteiger partial charge in [0.05, 0.1) is 12.5 Å².